The minimum Gasteiger partial charge on any atom is -0.468 e. The summed E-state index contributed by atoms with van der Waals surface area (Å²) in [4.78, 5) is 48.4. The lowest BCUT2D eigenvalue weighted by molar-refractivity contribution is -0.160. The Morgan fingerprint density at radius 1 is 0.833 bits per heavy atom. The molecule has 1 aliphatic heterocycles. The van der Waals surface area contributed by atoms with Crippen LogP contribution in [0.2, 0.25) is 0 Å². The second kappa shape index (κ2) is 20.8. The summed E-state index contributed by atoms with van der Waals surface area (Å²) in [6.45, 7) is 8.73. The Morgan fingerprint density at radius 2 is 1.31 bits per heavy atom. The zero-order valence-corrected chi connectivity index (χ0v) is 31.8. The molecule has 290 valence electrons. The maximum Gasteiger partial charge on any atom is 0.360 e. The molecule has 2 aromatic rings. The molecule has 7 unspecified atom stereocenters. The maximum absolute atomic E-state index is 13.4. The third kappa shape index (κ3) is 10.8. The zero-order valence-electron chi connectivity index (χ0n) is 31.8. The van der Waals surface area contributed by atoms with Crippen molar-refractivity contribution in [3.05, 3.63) is 121 Å². The molecule has 4 bridgehead atoms. The van der Waals surface area contributed by atoms with Crippen molar-refractivity contribution in [2.75, 3.05) is 14.2 Å². The van der Waals surface area contributed by atoms with Crippen LogP contribution in [0.4, 0.5) is 0 Å². The van der Waals surface area contributed by atoms with Crippen LogP contribution in [0.5, 0.6) is 0 Å². The van der Waals surface area contributed by atoms with Gasteiger partial charge in [0.05, 0.1) is 24.7 Å². The number of allylic oxidation sites excluding steroid dienone is 10. The van der Waals surface area contributed by atoms with Gasteiger partial charge in [0.1, 0.15) is 30.1 Å². The molecule has 1 aliphatic rings. The van der Waals surface area contributed by atoms with E-state index in [4.69, 9.17) is 33.5 Å². The fourth-order valence-electron chi connectivity index (χ4n) is 5.68. The summed E-state index contributed by atoms with van der Waals surface area (Å²) < 4.78 is 33.6. The first kappa shape index (κ1) is 43.0. The summed E-state index contributed by atoms with van der Waals surface area (Å²) in [5.74, 6) is -1.91. The van der Waals surface area contributed by atoms with E-state index in [1.165, 1.54) is 26.7 Å². The average molecular weight is 746 g/mol. The number of rotatable bonds is 9. The molecule has 3 heterocycles. The minimum absolute atomic E-state index is 0.0491. The van der Waals surface area contributed by atoms with Crippen LogP contribution >= 0.6 is 0 Å². The largest absolute Gasteiger partial charge is 0.468 e. The van der Waals surface area contributed by atoms with Gasteiger partial charge in [-0.05, 0) is 27.7 Å². The highest BCUT2D eigenvalue weighted by Gasteiger charge is 2.49. The molecule has 0 aliphatic carbocycles. The second-order valence-corrected chi connectivity index (χ2v) is 12.8. The monoisotopic (exact) mass is 745 g/mol. The Morgan fingerprint density at radius 3 is 1.80 bits per heavy atom. The Hall–Kier alpha value is -5.37. The molecule has 0 spiro atoms. The lowest BCUT2D eigenvalue weighted by Crippen LogP contribution is -2.54. The van der Waals surface area contributed by atoms with Crippen LogP contribution in [-0.4, -0.2) is 77.7 Å². The van der Waals surface area contributed by atoms with Gasteiger partial charge < -0.3 is 38.6 Å². The average Bonchev–Trinajstić information content (AvgIpc) is 3.85. The lowest BCUT2D eigenvalue weighted by atomic mass is 9.72. The minimum atomic E-state index is -1.46. The number of aliphatic hydroxyl groups is 1. The topological polar surface area (TPSA) is 186 Å². The summed E-state index contributed by atoms with van der Waals surface area (Å²) in [7, 11) is 2.77. The summed E-state index contributed by atoms with van der Waals surface area (Å²) in [6.07, 6.45) is 26.2. The fourth-order valence-corrected chi connectivity index (χ4v) is 5.68. The maximum atomic E-state index is 13.4. The van der Waals surface area contributed by atoms with Crippen molar-refractivity contribution in [3.63, 3.8) is 0 Å². The number of methoxy groups -OCH3 is 2. The number of oxazole rings is 2. The van der Waals surface area contributed by atoms with Gasteiger partial charge >= 0.3 is 17.9 Å². The van der Waals surface area contributed by atoms with Crippen molar-refractivity contribution in [1.82, 2.24) is 9.97 Å². The standard InChI is InChI=1S/C41H51N3O10/c1-8-20-31(42)41(5,39(48)50-7)34-23-17-13-11-15-19-24-35-43-29(26-51-35)37(46)53-33(40(4,28(3)49-6)32(45)21-9-2)22-16-12-10-14-18-25-36-44-30(27-52-36)38(47)54-34/h8-21,24-28,31-34,45H,22-23,42H2,1-7H3/b14-10+,15-11+,16-12-,17-13-,20-8+,21-9+,24-19+,25-18+. The molecular weight excluding hydrogens is 694 g/mol. The zero-order chi connectivity index (χ0) is 39.7. The van der Waals surface area contributed by atoms with Crippen LogP contribution in [0.3, 0.4) is 0 Å². The molecule has 2 aromatic heterocycles. The van der Waals surface area contributed by atoms with E-state index in [0.29, 0.717) is 0 Å². The van der Waals surface area contributed by atoms with Crippen LogP contribution < -0.4 is 5.73 Å². The number of hydrogen-bond donors (Lipinski definition) is 2. The molecule has 0 fully saturated rings. The van der Waals surface area contributed by atoms with E-state index >= 15 is 0 Å². The highest BCUT2D eigenvalue weighted by Crippen LogP contribution is 2.38. The van der Waals surface area contributed by atoms with Gasteiger partial charge in [0.25, 0.3) is 0 Å². The summed E-state index contributed by atoms with van der Waals surface area (Å²) in [5, 5.41) is 11.2. The van der Waals surface area contributed by atoms with E-state index in [9.17, 15) is 19.5 Å². The normalized spacial score (nSPS) is 25.2. The van der Waals surface area contributed by atoms with E-state index in [-0.39, 0.29) is 36.0 Å². The van der Waals surface area contributed by atoms with Gasteiger partial charge in [-0.2, -0.15) is 0 Å². The number of carbonyl (C=O) groups excluding carboxylic acids is 3. The van der Waals surface area contributed by atoms with Gasteiger partial charge in [0.15, 0.2) is 11.4 Å². The Bertz CT molecular complexity index is 1790. The lowest BCUT2D eigenvalue weighted by Gasteiger charge is -2.43. The number of aliphatic hydroxyl groups excluding tert-OH is 1. The second-order valence-electron chi connectivity index (χ2n) is 12.8. The van der Waals surface area contributed by atoms with Crippen molar-refractivity contribution < 1.29 is 47.3 Å². The van der Waals surface area contributed by atoms with Crippen molar-refractivity contribution in [2.45, 2.75) is 77.9 Å². The highest BCUT2D eigenvalue weighted by molar-refractivity contribution is 5.88. The molecule has 3 N–H and O–H groups in total. The number of cyclic esters (lactones) is 2. The third-order valence-corrected chi connectivity index (χ3v) is 9.40. The number of esters is 3. The molecule has 0 aromatic carbocycles. The predicted octanol–water partition coefficient (Wildman–Crippen LogP) is 6.52. The van der Waals surface area contributed by atoms with E-state index in [0.717, 1.165) is 0 Å². The molecule has 7 atom stereocenters. The van der Waals surface area contributed by atoms with Crippen LogP contribution in [0.25, 0.3) is 12.2 Å². The first-order valence-corrected chi connectivity index (χ1v) is 17.5. The molecule has 0 amide bonds. The Labute approximate surface area is 316 Å². The number of carbonyl (C=O) groups is 3. The first-order chi connectivity index (χ1) is 25.9. The first-order valence-electron chi connectivity index (χ1n) is 17.5. The van der Waals surface area contributed by atoms with E-state index < -0.39 is 59.2 Å². The van der Waals surface area contributed by atoms with Crippen LogP contribution in [-0.2, 0) is 23.7 Å². The van der Waals surface area contributed by atoms with Crippen molar-refractivity contribution >= 4 is 30.1 Å². The number of hydrogen-bond acceptors (Lipinski definition) is 13. The van der Waals surface area contributed by atoms with Crippen molar-refractivity contribution in [3.8, 4) is 0 Å². The van der Waals surface area contributed by atoms with Crippen molar-refractivity contribution in [1.29, 1.82) is 0 Å². The number of ether oxygens (including phenoxy) is 4. The number of aromatic nitrogens is 2. The molecule has 0 saturated carbocycles. The molecule has 0 saturated heterocycles. The molecular formula is C41H51N3O10. The van der Waals surface area contributed by atoms with Gasteiger partial charge in [0.2, 0.25) is 11.8 Å². The van der Waals surface area contributed by atoms with Crippen LogP contribution in [0, 0.1) is 10.8 Å². The molecule has 13 nitrogen and oxygen atoms in total. The van der Waals surface area contributed by atoms with E-state index in [2.05, 4.69) is 9.97 Å². The number of fused-ring (bicyclic) bond motifs is 4. The Kier molecular flexibility index (Phi) is 16.5. The van der Waals surface area contributed by atoms with Gasteiger partial charge in [-0.1, -0.05) is 92.0 Å². The fraction of sp³-hybridized carbons (Fsp3) is 0.390. The summed E-state index contributed by atoms with van der Waals surface area (Å²) in [6, 6.07) is -0.853. The smallest absolute Gasteiger partial charge is 0.360 e. The molecule has 3 rings (SSSR count). The molecule has 54 heavy (non-hydrogen) atoms. The molecule has 0 radical (unpaired) electrons. The number of nitrogens with zero attached hydrogens (tertiary/aromatic N) is 2. The number of nitrogens with two attached hydrogens (primary N) is 1. The predicted molar refractivity (Wildman–Crippen MR) is 204 cm³/mol. The summed E-state index contributed by atoms with van der Waals surface area (Å²) >= 11 is 0. The highest BCUT2D eigenvalue weighted by atomic mass is 16.6. The van der Waals surface area contributed by atoms with E-state index in [1.54, 1.807) is 132 Å². The third-order valence-electron chi connectivity index (χ3n) is 9.40. The Balaban J connectivity index is 2.01. The van der Waals surface area contributed by atoms with E-state index in [1.807, 2.05) is 0 Å². The molecule has 13 heteroatoms. The van der Waals surface area contributed by atoms with Gasteiger partial charge in [-0.25, -0.2) is 19.6 Å². The summed E-state index contributed by atoms with van der Waals surface area (Å²) in [5.41, 5.74) is 3.76. The van der Waals surface area contributed by atoms with Crippen LogP contribution in [0.15, 0.2) is 106 Å². The quantitative estimate of drug-likeness (QED) is 0.161. The van der Waals surface area contributed by atoms with Gasteiger partial charge in [-0.3, -0.25) is 4.79 Å². The van der Waals surface area contributed by atoms with Crippen molar-refractivity contribution in [2.24, 2.45) is 16.6 Å². The van der Waals surface area contributed by atoms with Gasteiger partial charge in [0, 0.05) is 38.1 Å². The SMILES string of the molecule is C/C=C/C(N)C(C)(C(=O)OC)C1C\C=C/C=C/C=C/c2nc(co2)C(=O)OC(C(C)(C(O)/C=C/C)C(C)OC)C\C=C/C=C/C=C/c2nc(co2)C(=O)O1. The van der Waals surface area contributed by atoms with Gasteiger partial charge in [-0.15, -0.1) is 0 Å². The van der Waals surface area contributed by atoms with Crippen LogP contribution in [0.1, 0.15) is 80.2 Å².